The van der Waals surface area contributed by atoms with Crippen LogP contribution in [0.15, 0.2) is 22.7 Å². The Bertz CT molecular complexity index is 781. The zero-order chi connectivity index (χ0) is 16.8. The number of carbonyl (C=O) groups is 1. The number of rotatable bonds is 5. The van der Waals surface area contributed by atoms with Gasteiger partial charge in [-0.1, -0.05) is 17.7 Å². The number of carbonyl (C=O) groups excluding carboxylic acids is 1. The smallest absolute Gasteiger partial charge is 0.276 e. The van der Waals surface area contributed by atoms with E-state index in [1.54, 1.807) is 17.0 Å². The van der Waals surface area contributed by atoms with Gasteiger partial charge in [0.25, 0.3) is 5.91 Å². The number of H-pyrrole nitrogens is 1. The van der Waals surface area contributed by atoms with Crippen LogP contribution in [0.2, 0.25) is 5.02 Å². The molecule has 126 valence electrons. The SMILES string of the molecule is O=C(c1n[nH]c(C2CC2)c1Br)N(Cc1c(F)cccc1Cl)C1CC1. The van der Waals surface area contributed by atoms with E-state index >= 15 is 0 Å². The summed E-state index contributed by atoms with van der Waals surface area (Å²) in [7, 11) is 0. The maximum atomic E-state index is 14.1. The van der Waals surface area contributed by atoms with Crippen molar-refractivity contribution in [1.82, 2.24) is 15.1 Å². The summed E-state index contributed by atoms with van der Waals surface area (Å²) in [5, 5.41) is 7.52. The van der Waals surface area contributed by atoms with Crippen LogP contribution in [0.5, 0.6) is 0 Å². The van der Waals surface area contributed by atoms with Crippen molar-refractivity contribution in [1.29, 1.82) is 0 Å². The van der Waals surface area contributed by atoms with Crippen molar-refractivity contribution in [3.63, 3.8) is 0 Å². The summed E-state index contributed by atoms with van der Waals surface area (Å²) >= 11 is 9.63. The van der Waals surface area contributed by atoms with Crippen LogP contribution in [-0.2, 0) is 6.54 Å². The average Bonchev–Trinajstić information content (AvgIpc) is 3.46. The molecule has 7 heteroatoms. The van der Waals surface area contributed by atoms with E-state index in [9.17, 15) is 9.18 Å². The third-order valence-corrected chi connectivity index (χ3v) is 5.72. The number of amides is 1. The average molecular weight is 413 g/mol. The summed E-state index contributed by atoms with van der Waals surface area (Å²) in [4.78, 5) is 14.7. The first-order valence-corrected chi connectivity index (χ1v) is 9.21. The number of halogens is 3. The van der Waals surface area contributed by atoms with Crippen molar-refractivity contribution in [3.05, 3.63) is 50.5 Å². The maximum absolute atomic E-state index is 14.1. The van der Waals surface area contributed by atoms with Crippen molar-refractivity contribution in [2.45, 2.75) is 44.2 Å². The minimum atomic E-state index is -0.388. The van der Waals surface area contributed by atoms with Crippen molar-refractivity contribution >= 4 is 33.4 Å². The molecule has 4 nitrogen and oxygen atoms in total. The van der Waals surface area contributed by atoms with Crippen LogP contribution in [0.3, 0.4) is 0 Å². The van der Waals surface area contributed by atoms with Gasteiger partial charge in [-0.05, 0) is 53.7 Å². The van der Waals surface area contributed by atoms with E-state index in [0.29, 0.717) is 22.2 Å². The summed E-state index contributed by atoms with van der Waals surface area (Å²) in [5.41, 5.74) is 1.71. The third kappa shape index (κ3) is 2.97. The van der Waals surface area contributed by atoms with Gasteiger partial charge in [0.15, 0.2) is 5.69 Å². The van der Waals surface area contributed by atoms with E-state index in [0.717, 1.165) is 35.8 Å². The molecule has 1 aromatic carbocycles. The van der Waals surface area contributed by atoms with Gasteiger partial charge < -0.3 is 4.90 Å². The van der Waals surface area contributed by atoms with E-state index < -0.39 is 0 Å². The second-order valence-corrected chi connectivity index (χ2v) is 7.64. The van der Waals surface area contributed by atoms with Gasteiger partial charge in [-0.15, -0.1) is 0 Å². The molecule has 2 aromatic rings. The number of nitrogens with zero attached hydrogens (tertiary/aromatic N) is 2. The molecule has 1 heterocycles. The Morgan fingerprint density at radius 2 is 2.12 bits per heavy atom. The minimum Gasteiger partial charge on any atom is -0.330 e. The lowest BCUT2D eigenvalue weighted by Crippen LogP contribution is -2.33. The molecule has 0 unspecified atom stereocenters. The molecule has 1 N–H and O–H groups in total. The monoisotopic (exact) mass is 411 g/mol. The quantitative estimate of drug-likeness (QED) is 0.777. The molecule has 1 aromatic heterocycles. The van der Waals surface area contributed by atoms with Crippen molar-refractivity contribution in [3.8, 4) is 0 Å². The number of aromatic nitrogens is 2. The highest BCUT2D eigenvalue weighted by molar-refractivity contribution is 9.10. The predicted octanol–water partition coefficient (Wildman–Crippen LogP) is 4.65. The normalized spacial score (nSPS) is 17.1. The molecule has 2 fully saturated rings. The molecule has 2 aliphatic rings. The minimum absolute atomic E-state index is 0.126. The highest BCUT2D eigenvalue weighted by Crippen LogP contribution is 2.43. The van der Waals surface area contributed by atoms with Crippen LogP contribution in [-0.4, -0.2) is 27.0 Å². The summed E-state index contributed by atoms with van der Waals surface area (Å²) in [5.74, 6) is -0.114. The van der Waals surface area contributed by atoms with Crippen molar-refractivity contribution in [2.24, 2.45) is 0 Å². The van der Waals surface area contributed by atoms with Gasteiger partial charge in [0.05, 0.1) is 16.7 Å². The van der Waals surface area contributed by atoms with Gasteiger partial charge in [-0.3, -0.25) is 9.89 Å². The molecule has 0 spiro atoms. The second kappa shape index (κ2) is 6.15. The van der Waals surface area contributed by atoms with Crippen LogP contribution in [0, 0.1) is 5.82 Å². The Hall–Kier alpha value is -1.40. The van der Waals surface area contributed by atoms with E-state index in [1.807, 2.05) is 0 Å². The fraction of sp³-hybridized carbons (Fsp3) is 0.412. The second-order valence-electron chi connectivity index (χ2n) is 6.44. The molecule has 0 bridgehead atoms. The Kier molecular flexibility index (Phi) is 4.12. The summed E-state index contributed by atoms with van der Waals surface area (Å²) < 4.78 is 14.8. The molecular weight excluding hydrogens is 397 g/mol. The maximum Gasteiger partial charge on any atom is 0.276 e. The highest BCUT2D eigenvalue weighted by Gasteiger charge is 2.37. The zero-order valence-electron chi connectivity index (χ0n) is 12.9. The fourth-order valence-electron chi connectivity index (χ4n) is 2.87. The molecule has 0 radical (unpaired) electrons. The molecule has 1 amide bonds. The molecule has 2 saturated carbocycles. The molecule has 0 aliphatic heterocycles. The highest BCUT2D eigenvalue weighted by atomic mass is 79.9. The Labute approximate surface area is 152 Å². The summed E-state index contributed by atoms with van der Waals surface area (Å²) in [6.45, 7) is 0.160. The van der Waals surface area contributed by atoms with Crippen molar-refractivity contribution in [2.75, 3.05) is 0 Å². The van der Waals surface area contributed by atoms with Gasteiger partial charge in [-0.2, -0.15) is 5.10 Å². The Balaban J connectivity index is 1.62. The molecule has 24 heavy (non-hydrogen) atoms. The van der Waals surface area contributed by atoms with Gasteiger partial charge in [-0.25, -0.2) is 4.39 Å². The number of nitrogens with one attached hydrogen (secondary N) is 1. The first kappa shape index (κ1) is 16.1. The van der Waals surface area contributed by atoms with Crippen molar-refractivity contribution < 1.29 is 9.18 Å². The van der Waals surface area contributed by atoms with E-state index in [2.05, 4.69) is 26.1 Å². The summed E-state index contributed by atoms with van der Waals surface area (Å²) in [6, 6.07) is 4.70. The first-order chi connectivity index (χ1) is 11.6. The van der Waals surface area contributed by atoms with Crippen LogP contribution in [0.4, 0.5) is 4.39 Å². The van der Waals surface area contributed by atoms with Crippen LogP contribution < -0.4 is 0 Å². The standard InChI is InChI=1S/C17H16BrClFN3O/c18-14-15(9-4-5-9)21-22-16(14)17(24)23(10-6-7-10)8-11-12(19)2-1-3-13(11)20/h1-3,9-10H,4-8H2,(H,21,22). The van der Waals surface area contributed by atoms with Crippen LogP contribution in [0.1, 0.15) is 53.3 Å². The predicted molar refractivity (Wildman–Crippen MR) is 92.6 cm³/mol. The molecule has 0 saturated heterocycles. The largest absolute Gasteiger partial charge is 0.330 e. The molecular formula is C17H16BrClFN3O. The molecule has 2 aliphatic carbocycles. The first-order valence-electron chi connectivity index (χ1n) is 8.04. The number of aromatic amines is 1. The van der Waals surface area contributed by atoms with Gasteiger partial charge in [0, 0.05) is 22.5 Å². The number of hydrogen-bond donors (Lipinski definition) is 1. The number of benzene rings is 1. The topological polar surface area (TPSA) is 49.0 Å². The lowest BCUT2D eigenvalue weighted by atomic mass is 10.1. The lowest BCUT2D eigenvalue weighted by Gasteiger charge is -2.22. The Morgan fingerprint density at radius 1 is 1.38 bits per heavy atom. The summed E-state index contributed by atoms with van der Waals surface area (Å²) in [6.07, 6.45) is 4.09. The van der Waals surface area contributed by atoms with Gasteiger partial charge >= 0.3 is 0 Å². The Morgan fingerprint density at radius 3 is 2.75 bits per heavy atom. The van der Waals surface area contributed by atoms with Gasteiger partial charge in [0.1, 0.15) is 5.82 Å². The van der Waals surface area contributed by atoms with E-state index in [1.165, 1.54) is 6.07 Å². The van der Waals surface area contributed by atoms with Crippen LogP contribution in [0.25, 0.3) is 0 Å². The zero-order valence-corrected chi connectivity index (χ0v) is 15.2. The molecule has 4 rings (SSSR count). The third-order valence-electron chi connectivity index (χ3n) is 4.56. The van der Waals surface area contributed by atoms with E-state index in [4.69, 9.17) is 11.6 Å². The van der Waals surface area contributed by atoms with Crippen LogP contribution >= 0.6 is 27.5 Å². The molecule has 0 atom stereocenters. The number of hydrogen-bond acceptors (Lipinski definition) is 2. The van der Waals surface area contributed by atoms with Gasteiger partial charge in [0.2, 0.25) is 0 Å². The lowest BCUT2D eigenvalue weighted by molar-refractivity contribution is 0.0721. The fourth-order valence-corrected chi connectivity index (χ4v) is 3.76. The van der Waals surface area contributed by atoms with E-state index in [-0.39, 0.29) is 24.3 Å².